The predicted molar refractivity (Wildman–Crippen MR) is 139 cm³/mol. The number of likely N-dealkylation sites (tertiary alicyclic amines) is 1. The van der Waals surface area contributed by atoms with Crippen molar-refractivity contribution in [3.8, 4) is 0 Å². The van der Waals surface area contributed by atoms with Crippen LogP contribution in [0, 0.1) is 5.92 Å². The third-order valence-electron chi connectivity index (χ3n) is 7.19. The molecule has 1 heterocycles. The van der Waals surface area contributed by atoms with Crippen LogP contribution in [0.3, 0.4) is 0 Å². The molecule has 1 unspecified atom stereocenters. The van der Waals surface area contributed by atoms with E-state index in [0.717, 1.165) is 75.8 Å². The summed E-state index contributed by atoms with van der Waals surface area (Å²) in [6, 6.07) is 17.6. The standard InChI is InChI=1S/C29H37N3O4/c33-27(31-35)15-14-22-10-12-24(13-11-22)21-32-18-16-23(17-19-32)20-30-28(25-6-2-1-3-7-25)29(34)36-26-8-4-5-9-26/h1-3,6-7,10-15,23,26,28,30,35H,4-5,8-9,16-21H2,(H,31,33)/b15-14+. The Balaban J connectivity index is 1.24. The highest BCUT2D eigenvalue weighted by molar-refractivity contribution is 5.90. The summed E-state index contributed by atoms with van der Waals surface area (Å²) in [5.74, 6) is -0.171. The highest BCUT2D eigenvalue weighted by atomic mass is 16.5. The molecular weight excluding hydrogens is 454 g/mol. The van der Waals surface area contributed by atoms with Gasteiger partial charge in [0.05, 0.1) is 0 Å². The molecule has 2 aliphatic rings. The van der Waals surface area contributed by atoms with Gasteiger partial charge in [-0.15, -0.1) is 0 Å². The van der Waals surface area contributed by atoms with Crippen molar-refractivity contribution in [3.63, 3.8) is 0 Å². The fourth-order valence-electron chi connectivity index (χ4n) is 5.06. The zero-order valence-corrected chi connectivity index (χ0v) is 20.8. The first-order valence-electron chi connectivity index (χ1n) is 13.0. The van der Waals surface area contributed by atoms with Gasteiger partial charge in [-0.25, -0.2) is 10.3 Å². The molecule has 3 N–H and O–H groups in total. The van der Waals surface area contributed by atoms with Crippen molar-refractivity contribution < 1.29 is 19.5 Å². The number of nitrogens with zero attached hydrogens (tertiary/aromatic N) is 1. The van der Waals surface area contributed by atoms with Crippen molar-refractivity contribution in [2.24, 2.45) is 5.92 Å². The van der Waals surface area contributed by atoms with Gasteiger partial charge in [0.15, 0.2) is 0 Å². The summed E-state index contributed by atoms with van der Waals surface area (Å²) >= 11 is 0. The molecule has 7 nitrogen and oxygen atoms in total. The number of nitrogens with one attached hydrogen (secondary N) is 2. The van der Waals surface area contributed by atoms with Crippen molar-refractivity contribution in [1.29, 1.82) is 0 Å². The summed E-state index contributed by atoms with van der Waals surface area (Å²) in [5.41, 5.74) is 4.69. The van der Waals surface area contributed by atoms with Crippen LogP contribution in [0.15, 0.2) is 60.7 Å². The second kappa shape index (κ2) is 13.3. The maximum absolute atomic E-state index is 13.0. The highest BCUT2D eigenvalue weighted by Crippen LogP contribution is 2.25. The molecule has 36 heavy (non-hydrogen) atoms. The summed E-state index contributed by atoms with van der Waals surface area (Å²) in [6.45, 7) is 3.73. The molecule has 1 amide bonds. The van der Waals surface area contributed by atoms with E-state index in [2.05, 4.69) is 22.3 Å². The van der Waals surface area contributed by atoms with E-state index in [9.17, 15) is 9.59 Å². The summed E-state index contributed by atoms with van der Waals surface area (Å²) in [5, 5.41) is 12.1. The number of amides is 1. The fraction of sp³-hybridized carbons (Fsp3) is 0.448. The van der Waals surface area contributed by atoms with Crippen LogP contribution in [0.5, 0.6) is 0 Å². The van der Waals surface area contributed by atoms with Gasteiger partial charge in [-0.3, -0.25) is 14.9 Å². The summed E-state index contributed by atoms with van der Waals surface area (Å²) in [4.78, 5) is 26.6. The lowest BCUT2D eigenvalue weighted by atomic mass is 9.95. The average Bonchev–Trinajstić information content (AvgIpc) is 3.43. The Kier molecular flexibility index (Phi) is 9.67. The molecule has 0 radical (unpaired) electrons. The fourth-order valence-corrected chi connectivity index (χ4v) is 5.06. The molecule has 0 aromatic heterocycles. The third kappa shape index (κ3) is 7.75. The molecule has 4 rings (SSSR count). The summed E-state index contributed by atoms with van der Waals surface area (Å²) < 4.78 is 5.85. The monoisotopic (exact) mass is 491 g/mol. The topological polar surface area (TPSA) is 90.9 Å². The SMILES string of the molecule is O=C(/C=C/c1ccc(CN2CCC(CNC(C(=O)OC3CCCC3)c3ccccc3)CC2)cc1)NO. The summed E-state index contributed by atoms with van der Waals surface area (Å²) in [6.07, 6.45) is 9.45. The Morgan fingerprint density at radius 2 is 1.69 bits per heavy atom. The van der Waals surface area contributed by atoms with E-state index in [4.69, 9.17) is 9.94 Å². The number of esters is 1. The molecule has 1 aliphatic carbocycles. The minimum absolute atomic E-state index is 0.0684. The van der Waals surface area contributed by atoms with Crippen molar-refractivity contribution in [2.45, 2.75) is 57.2 Å². The molecule has 1 saturated heterocycles. The lowest BCUT2D eigenvalue weighted by Gasteiger charge is -2.33. The molecule has 1 atom stereocenters. The van der Waals surface area contributed by atoms with E-state index in [-0.39, 0.29) is 12.1 Å². The van der Waals surface area contributed by atoms with Crippen LogP contribution in [0.4, 0.5) is 0 Å². The van der Waals surface area contributed by atoms with Gasteiger partial charge in [0.1, 0.15) is 12.1 Å². The van der Waals surface area contributed by atoms with Gasteiger partial charge >= 0.3 is 5.97 Å². The number of hydroxylamine groups is 1. The maximum atomic E-state index is 13.0. The molecule has 2 aromatic rings. The van der Waals surface area contributed by atoms with Crippen LogP contribution in [0.2, 0.25) is 0 Å². The second-order valence-corrected chi connectivity index (χ2v) is 9.87. The Bertz CT molecular complexity index is 995. The molecule has 1 saturated carbocycles. The third-order valence-corrected chi connectivity index (χ3v) is 7.19. The van der Waals surface area contributed by atoms with Crippen molar-refractivity contribution in [2.75, 3.05) is 19.6 Å². The van der Waals surface area contributed by atoms with Crippen LogP contribution in [-0.2, 0) is 20.9 Å². The van der Waals surface area contributed by atoms with Gasteiger partial charge in [0, 0.05) is 12.6 Å². The van der Waals surface area contributed by atoms with Crippen LogP contribution < -0.4 is 10.8 Å². The van der Waals surface area contributed by atoms with Gasteiger partial charge in [0.25, 0.3) is 5.91 Å². The smallest absolute Gasteiger partial charge is 0.328 e. The lowest BCUT2D eigenvalue weighted by Crippen LogP contribution is -2.39. The number of hydrogen-bond donors (Lipinski definition) is 3. The van der Waals surface area contributed by atoms with Gasteiger partial charge in [-0.1, -0.05) is 54.6 Å². The van der Waals surface area contributed by atoms with Crippen LogP contribution in [0.1, 0.15) is 61.3 Å². The number of ether oxygens (including phenoxy) is 1. The van der Waals surface area contributed by atoms with E-state index in [1.807, 2.05) is 42.5 Å². The maximum Gasteiger partial charge on any atom is 0.328 e. The van der Waals surface area contributed by atoms with Crippen molar-refractivity contribution >= 4 is 18.0 Å². The zero-order chi connectivity index (χ0) is 25.2. The highest BCUT2D eigenvalue weighted by Gasteiger charge is 2.28. The number of rotatable bonds is 10. The molecule has 192 valence electrons. The number of carbonyl (C=O) groups is 2. The lowest BCUT2D eigenvalue weighted by molar-refractivity contribution is -0.151. The molecule has 2 aromatic carbocycles. The Morgan fingerprint density at radius 1 is 1.00 bits per heavy atom. The van der Waals surface area contributed by atoms with E-state index < -0.39 is 11.9 Å². The summed E-state index contributed by atoms with van der Waals surface area (Å²) in [7, 11) is 0. The van der Waals surface area contributed by atoms with E-state index in [1.54, 1.807) is 11.6 Å². The first-order chi connectivity index (χ1) is 17.6. The predicted octanol–water partition coefficient (Wildman–Crippen LogP) is 4.23. The van der Waals surface area contributed by atoms with Crippen molar-refractivity contribution in [1.82, 2.24) is 15.7 Å². The molecule has 2 fully saturated rings. The number of benzene rings is 2. The van der Waals surface area contributed by atoms with Gasteiger partial charge < -0.3 is 10.1 Å². The number of carbonyl (C=O) groups excluding carboxylic acids is 2. The minimum atomic E-state index is -0.544. The largest absolute Gasteiger partial charge is 0.461 e. The van der Waals surface area contributed by atoms with Crippen molar-refractivity contribution in [3.05, 3.63) is 77.4 Å². The normalized spacial score (nSPS) is 18.4. The Hall–Kier alpha value is -3.00. The second-order valence-electron chi connectivity index (χ2n) is 9.87. The van der Waals surface area contributed by atoms with E-state index in [1.165, 1.54) is 11.6 Å². The Morgan fingerprint density at radius 3 is 2.36 bits per heavy atom. The van der Waals surface area contributed by atoms with Crippen LogP contribution in [0.25, 0.3) is 6.08 Å². The van der Waals surface area contributed by atoms with Gasteiger partial charge in [-0.2, -0.15) is 0 Å². The number of hydrogen-bond acceptors (Lipinski definition) is 6. The molecule has 0 bridgehead atoms. The minimum Gasteiger partial charge on any atom is -0.461 e. The zero-order valence-electron chi connectivity index (χ0n) is 20.8. The first kappa shape index (κ1) is 26.1. The average molecular weight is 492 g/mol. The first-order valence-corrected chi connectivity index (χ1v) is 13.0. The van der Waals surface area contributed by atoms with Gasteiger partial charge in [0.2, 0.25) is 0 Å². The molecular formula is C29H37N3O4. The van der Waals surface area contributed by atoms with Gasteiger partial charge in [-0.05, 0) is 86.8 Å². The van der Waals surface area contributed by atoms with E-state index >= 15 is 0 Å². The molecule has 0 spiro atoms. The van der Waals surface area contributed by atoms with E-state index in [0.29, 0.717) is 5.92 Å². The Labute approximate surface area is 213 Å². The van der Waals surface area contributed by atoms with Crippen LogP contribution in [-0.4, -0.2) is 47.7 Å². The quantitative estimate of drug-likeness (QED) is 0.199. The number of piperidine rings is 1. The van der Waals surface area contributed by atoms with Crippen LogP contribution >= 0.6 is 0 Å². The molecule has 7 heteroatoms. The molecule has 1 aliphatic heterocycles.